The highest BCUT2D eigenvalue weighted by Crippen LogP contribution is 2.35. The summed E-state index contributed by atoms with van der Waals surface area (Å²) in [4.78, 5) is 17.0. The molecule has 2 N–H and O–H groups in total. The molecular formula is C18H29N5S. The van der Waals surface area contributed by atoms with Gasteiger partial charge in [0.05, 0.1) is 5.39 Å². The molecule has 1 aliphatic rings. The average Bonchev–Trinajstić information content (AvgIpc) is 2.86. The number of thiophene rings is 1. The van der Waals surface area contributed by atoms with Crippen LogP contribution in [0.25, 0.3) is 10.2 Å². The fourth-order valence-electron chi connectivity index (χ4n) is 3.40. The van der Waals surface area contributed by atoms with E-state index in [2.05, 4.69) is 28.6 Å². The SMILES string of the molecule is Cc1nc(N2CCN(CCCCCN)CC2)c2c(C)c(C)sc2n1. The summed E-state index contributed by atoms with van der Waals surface area (Å²) in [6.07, 6.45) is 3.65. The first-order chi connectivity index (χ1) is 11.6. The fraction of sp³-hybridized carbons (Fsp3) is 0.667. The van der Waals surface area contributed by atoms with Crippen LogP contribution in [0, 0.1) is 20.8 Å². The van der Waals surface area contributed by atoms with Crippen LogP contribution in [-0.2, 0) is 0 Å². The minimum absolute atomic E-state index is 0.816. The molecule has 0 aliphatic carbocycles. The summed E-state index contributed by atoms with van der Waals surface area (Å²) in [5.74, 6) is 2.02. The number of rotatable bonds is 6. The van der Waals surface area contributed by atoms with E-state index >= 15 is 0 Å². The van der Waals surface area contributed by atoms with Crippen molar-refractivity contribution in [2.75, 3.05) is 44.2 Å². The Morgan fingerprint density at radius 2 is 1.75 bits per heavy atom. The van der Waals surface area contributed by atoms with Gasteiger partial charge in [0, 0.05) is 31.1 Å². The molecule has 0 saturated carbocycles. The van der Waals surface area contributed by atoms with Crippen LogP contribution in [-0.4, -0.2) is 54.1 Å². The normalized spacial score (nSPS) is 16.2. The van der Waals surface area contributed by atoms with E-state index in [1.54, 1.807) is 11.3 Å². The van der Waals surface area contributed by atoms with Gasteiger partial charge in [0.2, 0.25) is 0 Å². The van der Waals surface area contributed by atoms with Crippen molar-refractivity contribution in [3.8, 4) is 0 Å². The summed E-state index contributed by atoms with van der Waals surface area (Å²) in [5.41, 5.74) is 6.91. The number of aromatic nitrogens is 2. The van der Waals surface area contributed by atoms with Crippen LogP contribution in [0.3, 0.4) is 0 Å². The van der Waals surface area contributed by atoms with E-state index in [0.717, 1.165) is 55.6 Å². The first-order valence-electron chi connectivity index (χ1n) is 9.02. The van der Waals surface area contributed by atoms with E-state index in [1.807, 2.05) is 6.92 Å². The lowest BCUT2D eigenvalue weighted by Crippen LogP contribution is -2.47. The molecule has 1 fully saturated rings. The number of piperazine rings is 1. The highest BCUT2D eigenvalue weighted by Gasteiger charge is 2.22. The second-order valence-corrected chi connectivity index (χ2v) is 7.94. The van der Waals surface area contributed by atoms with Gasteiger partial charge in [0.15, 0.2) is 0 Å². The summed E-state index contributed by atoms with van der Waals surface area (Å²) in [6, 6.07) is 0. The summed E-state index contributed by atoms with van der Waals surface area (Å²) >= 11 is 1.79. The Labute approximate surface area is 148 Å². The van der Waals surface area contributed by atoms with Gasteiger partial charge in [-0.15, -0.1) is 11.3 Å². The van der Waals surface area contributed by atoms with Crippen molar-refractivity contribution in [3.05, 3.63) is 16.3 Å². The average molecular weight is 348 g/mol. The molecule has 3 rings (SSSR count). The molecule has 6 heteroatoms. The monoisotopic (exact) mass is 347 g/mol. The zero-order valence-electron chi connectivity index (χ0n) is 15.1. The van der Waals surface area contributed by atoms with Gasteiger partial charge in [-0.25, -0.2) is 9.97 Å². The van der Waals surface area contributed by atoms with E-state index in [-0.39, 0.29) is 0 Å². The smallest absolute Gasteiger partial charge is 0.141 e. The number of nitrogens with zero attached hydrogens (tertiary/aromatic N) is 4. The molecule has 2 aromatic heterocycles. The molecule has 3 heterocycles. The molecule has 24 heavy (non-hydrogen) atoms. The van der Waals surface area contributed by atoms with Crippen molar-refractivity contribution in [3.63, 3.8) is 0 Å². The second-order valence-electron chi connectivity index (χ2n) is 6.74. The van der Waals surface area contributed by atoms with Crippen molar-refractivity contribution < 1.29 is 0 Å². The molecule has 0 amide bonds. The van der Waals surface area contributed by atoms with Gasteiger partial charge in [-0.3, -0.25) is 4.90 Å². The van der Waals surface area contributed by atoms with Crippen LogP contribution in [0.15, 0.2) is 0 Å². The first kappa shape index (κ1) is 17.6. The third-order valence-corrected chi connectivity index (χ3v) is 6.07. The minimum Gasteiger partial charge on any atom is -0.353 e. The predicted octanol–water partition coefficient (Wildman–Crippen LogP) is 2.87. The van der Waals surface area contributed by atoms with Gasteiger partial charge in [-0.05, 0) is 52.3 Å². The standard InChI is InChI=1S/C18H29N5S/c1-13-14(2)24-18-16(13)17(20-15(3)21-18)23-11-9-22(10-12-23)8-6-4-5-7-19/h4-12,19H2,1-3H3. The van der Waals surface area contributed by atoms with Crippen LogP contribution in [0.4, 0.5) is 5.82 Å². The molecule has 132 valence electrons. The molecule has 2 aromatic rings. The summed E-state index contributed by atoms with van der Waals surface area (Å²) in [6.45, 7) is 12.7. The molecule has 0 spiro atoms. The van der Waals surface area contributed by atoms with Gasteiger partial charge in [-0.1, -0.05) is 6.42 Å². The van der Waals surface area contributed by atoms with Crippen LogP contribution >= 0.6 is 11.3 Å². The number of nitrogens with two attached hydrogens (primary N) is 1. The van der Waals surface area contributed by atoms with Gasteiger partial charge >= 0.3 is 0 Å². The zero-order chi connectivity index (χ0) is 17.1. The fourth-order valence-corrected chi connectivity index (χ4v) is 4.47. The lowest BCUT2D eigenvalue weighted by molar-refractivity contribution is 0.252. The van der Waals surface area contributed by atoms with Crippen molar-refractivity contribution in [2.24, 2.45) is 5.73 Å². The third-order valence-electron chi connectivity index (χ3n) is 4.97. The van der Waals surface area contributed by atoms with Crippen molar-refractivity contribution in [2.45, 2.75) is 40.0 Å². The van der Waals surface area contributed by atoms with Crippen molar-refractivity contribution in [1.82, 2.24) is 14.9 Å². The number of hydrogen-bond acceptors (Lipinski definition) is 6. The van der Waals surface area contributed by atoms with Crippen molar-refractivity contribution in [1.29, 1.82) is 0 Å². The van der Waals surface area contributed by atoms with Crippen molar-refractivity contribution >= 4 is 27.4 Å². The first-order valence-corrected chi connectivity index (χ1v) is 9.83. The van der Waals surface area contributed by atoms with Crippen LogP contribution in [0.1, 0.15) is 35.5 Å². The summed E-state index contributed by atoms with van der Waals surface area (Å²) in [7, 11) is 0. The highest BCUT2D eigenvalue weighted by molar-refractivity contribution is 7.18. The topological polar surface area (TPSA) is 58.3 Å². The molecule has 0 unspecified atom stereocenters. The Hall–Kier alpha value is -1.24. The maximum absolute atomic E-state index is 5.57. The second kappa shape index (κ2) is 7.76. The lowest BCUT2D eigenvalue weighted by atomic mass is 10.2. The molecule has 1 saturated heterocycles. The van der Waals surface area contributed by atoms with E-state index in [0.29, 0.717) is 0 Å². The largest absolute Gasteiger partial charge is 0.353 e. The molecule has 0 bridgehead atoms. The maximum atomic E-state index is 5.57. The van der Waals surface area contributed by atoms with E-state index in [1.165, 1.54) is 35.2 Å². The Morgan fingerprint density at radius 3 is 2.46 bits per heavy atom. The predicted molar refractivity (Wildman–Crippen MR) is 103 cm³/mol. The highest BCUT2D eigenvalue weighted by atomic mass is 32.1. The number of fused-ring (bicyclic) bond motifs is 1. The maximum Gasteiger partial charge on any atom is 0.141 e. The zero-order valence-corrected chi connectivity index (χ0v) is 16.0. The van der Waals surface area contributed by atoms with E-state index in [9.17, 15) is 0 Å². The molecule has 0 atom stereocenters. The van der Waals surface area contributed by atoms with Gasteiger partial charge in [-0.2, -0.15) is 0 Å². The molecule has 1 aliphatic heterocycles. The number of anilines is 1. The molecule has 0 radical (unpaired) electrons. The van der Waals surface area contributed by atoms with Gasteiger partial charge in [0.25, 0.3) is 0 Å². The molecular weight excluding hydrogens is 318 g/mol. The molecule has 0 aromatic carbocycles. The summed E-state index contributed by atoms with van der Waals surface area (Å²) < 4.78 is 0. The number of unbranched alkanes of at least 4 members (excludes halogenated alkanes) is 2. The number of aryl methyl sites for hydroxylation is 3. The number of hydrogen-bond donors (Lipinski definition) is 1. The van der Waals surface area contributed by atoms with Crippen LogP contribution < -0.4 is 10.6 Å². The third kappa shape index (κ3) is 3.71. The van der Waals surface area contributed by atoms with Gasteiger partial charge < -0.3 is 10.6 Å². The summed E-state index contributed by atoms with van der Waals surface area (Å²) in [5, 5.41) is 1.26. The Morgan fingerprint density at radius 1 is 1.00 bits per heavy atom. The lowest BCUT2D eigenvalue weighted by Gasteiger charge is -2.35. The van der Waals surface area contributed by atoms with E-state index < -0.39 is 0 Å². The Balaban J connectivity index is 1.69. The van der Waals surface area contributed by atoms with Crippen LogP contribution in [0.2, 0.25) is 0 Å². The van der Waals surface area contributed by atoms with Crippen LogP contribution in [0.5, 0.6) is 0 Å². The Bertz CT molecular complexity index is 688. The minimum atomic E-state index is 0.816. The van der Waals surface area contributed by atoms with E-state index in [4.69, 9.17) is 10.7 Å². The van der Waals surface area contributed by atoms with Gasteiger partial charge in [0.1, 0.15) is 16.5 Å². The Kier molecular flexibility index (Phi) is 5.69. The molecule has 5 nitrogen and oxygen atoms in total. The quantitative estimate of drug-likeness (QED) is 0.814.